The second-order valence-electron chi connectivity index (χ2n) is 9.97. The SMILES string of the molecule is COc1c(F)cccc1Nc1c(-c2ccncc2C#CC(C)(C)NC(=O)C#CCN(C)C)[nH]c2c1C(=O)NCC2. The molecule has 0 saturated carbocycles. The van der Waals surface area contributed by atoms with Crippen LogP contribution in [-0.4, -0.2) is 66.5 Å². The van der Waals surface area contributed by atoms with Gasteiger partial charge in [-0.1, -0.05) is 23.8 Å². The summed E-state index contributed by atoms with van der Waals surface area (Å²) < 4.78 is 19.8. The maximum absolute atomic E-state index is 14.5. The summed E-state index contributed by atoms with van der Waals surface area (Å²) in [7, 11) is 5.13. The maximum atomic E-state index is 14.5. The summed E-state index contributed by atoms with van der Waals surface area (Å²) in [4.78, 5) is 34.7. The van der Waals surface area contributed by atoms with Crippen molar-refractivity contribution in [2.24, 2.45) is 0 Å². The second-order valence-corrected chi connectivity index (χ2v) is 9.97. The molecule has 206 valence electrons. The van der Waals surface area contributed by atoms with Crippen molar-refractivity contribution in [3.8, 4) is 40.7 Å². The number of para-hydroxylation sites is 1. The van der Waals surface area contributed by atoms with Gasteiger partial charge < -0.3 is 25.7 Å². The van der Waals surface area contributed by atoms with Gasteiger partial charge in [-0.2, -0.15) is 0 Å². The van der Waals surface area contributed by atoms with Crippen LogP contribution in [0.1, 0.15) is 35.5 Å². The van der Waals surface area contributed by atoms with E-state index in [1.807, 2.05) is 19.0 Å². The molecule has 1 aliphatic rings. The molecule has 1 aliphatic heterocycles. The third kappa shape index (κ3) is 6.42. The molecule has 3 heterocycles. The third-order valence-corrected chi connectivity index (χ3v) is 6.02. The van der Waals surface area contributed by atoms with E-state index < -0.39 is 17.3 Å². The molecule has 0 aliphatic carbocycles. The van der Waals surface area contributed by atoms with E-state index in [-0.39, 0.29) is 11.7 Å². The first-order valence-corrected chi connectivity index (χ1v) is 12.7. The summed E-state index contributed by atoms with van der Waals surface area (Å²) in [5.41, 5.74) is 2.97. The summed E-state index contributed by atoms with van der Waals surface area (Å²) in [6, 6.07) is 6.32. The average molecular weight is 543 g/mol. The van der Waals surface area contributed by atoms with E-state index in [2.05, 4.69) is 49.6 Å². The molecule has 0 atom stereocenters. The lowest BCUT2D eigenvalue weighted by molar-refractivity contribution is -0.116. The number of H-pyrrole nitrogens is 1. The van der Waals surface area contributed by atoms with Gasteiger partial charge in [0.05, 0.1) is 47.4 Å². The number of rotatable bonds is 6. The standard InChI is InChI=1S/C30H31FN6O3/c1-30(2,36-24(38)10-7-17-37(3)4)14-11-19-18-32-15-12-20(19)26-27(25-22(34-26)13-16-33-29(25)39)35-23-9-6-8-21(31)28(23)40-5/h6,8-9,12,15,18,34-35H,13,16-17H2,1-5H3,(H,33,39)(H,36,38). The lowest BCUT2D eigenvalue weighted by atomic mass is 10.0. The first-order chi connectivity index (χ1) is 19.1. The van der Waals surface area contributed by atoms with Gasteiger partial charge in [-0.15, -0.1) is 0 Å². The Morgan fingerprint density at radius 3 is 2.83 bits per heavy atom. The highest BCUT2D eigenvalue weighted by molar-refractivity contribution is 6.06. The van der Waals surface area contributed by atoms with Crippen LogP contribution in [0.3, 0.4) is 0 Å². The molecule has 0 saturated heterocycles. The van der Waals surface area contributed by atoms with Crippen molar-refractivity contribution in [3.63, 3.8) is 0 Å². The van der Waals surface area contributed by atoms with Crippen LogP contribution in [0.4, 0.5) is 15.8 Å². The number of ether oxygens (including phenoxy) is 1. The fraction of sp³-hybridized carbons (Fsp3) is 0.300. The van der Waals surface area contributed by atoms with Gasteiger partial charge >= 0.3 is 0 Å². The van der Waals surface area contributed by atoms with E-state index >= 15 is 0 Å². The number of pyridine rings is 1. The summed E-state index contributed by atoms with van der Waals surface area (Å²) in [5, 5.41) is 8.91. The fourth-order valence-corrected chi connectivity index (χ4v) is 4.22. The Kier molecular flexibility index (Phi) is 8.42. The number of hydrogen-bond acceptors (Lipinski definition) is 6. The highest BCUT2D eigenvalue weighted by Crippen LogP contribution is 2.40. The number of carbonyl (C=O) groups excluding carboxylic acids is 2. The van der Waals surface area contributed by atoms with E-state index in [9.17, 15) is 14.0 Å². The summed E-state index contributed by atoms with van der Waals surface area (Å²) in [6.45, 7) is 4.52. The quantitative estimate of drug-likeness (QED) is 0.357. The molecular formula is C30H31FN6O3. The van der Waals surface area contributed by atoms with Gasteiger partial charge in [0.1, 0.15) is 0 Å². The molecule has 0 unspecified atom stereocenters. The number of carbonyl (C=O) groups is 2. The van der Waals surface area contributed by atoms with Gasteiger partial charge in [-0.25, -0.2) is 4.39 Å². The first-order valence-electron chi connectivity index (χ1n) is 12.7. The molecule has 1 aromatic carbocycles. The molecule has 3 aromatic rings. The summed E-state index contributed by atoms with van der Waals surface area (Å²) >= 11 is 0. The van der Waals surface area contributed by atoms with Crippen molar-refractivity contribution < 1.29 is 18.7 Å². The predicted octanol–water partition coefficient (Wildman–Crippen LogP) is 3.07. The largest absolute Gasteiger partial charge is 0.492 e. The molecule has 9 nitrogen and oxygen atoms in total. The van der Waals surface area contributed by atoms with Gasteiger partial charge in [0.2, 0.25) is 0 Å². The molecule has 2 aromatic heterocycles. The van der Waals surface area contributed by atoms with Crippen molar-refractivity contribution in [1.29, 1.82) is 0 Å². The molecule has 4 N–H and O–H groups in total. The Morgan fingerprint density at radius 2 is 2.08 bits per heavy atom. The Bertz CT molecular complexity index is 1570. The molecule has 40 heavy (non-hydrogen) atoms. The maximum Gasteiger partial charge on any atom is 0.297 e. The van der Waals surface area contributed by atoms with Crippen LogP contribution in [0.25, 0.3) is 11.3 Å². The van der Waals surface area contributed by atoms with E-state index in [0.717, 1.165) is 5.69 Å². The monoisotopic (exact) mass is 542 g/mol. The second kappa shape index (κ2) is 11.9. The predicted molar refractivity (Wildman–Crippen MR) is 152 cm³/mol. The van der Waals surface area contributed by atoms with Crippen molar-refractivity contribution in [3.05, 3.63) is 59.3 Å². The van der Waals surface area contributed by atoms with E-state index in [1.165, 1.54) is 13.2 Å². The van der Waals surface area contributed by atoms with Gasteiger partial charge in [0.25, 0.3) is 11.8 Å². The molecular weight excluding hydrogens is 511 g/mol. The molecule has 10 heteroatoms. The Hall–Kier alpha value is -4.80. The molecule has 0 fully saturated rings. The molecule has 0 bridgehead atoms. The number of benzene rings is 1. The zero-order valence-corrected chi connectivity index (χ0v) is 23.1. The highest BCUT2D eigenvalue weighted by Gasteiger charge is 2.28. The number of fused-ring (bicyclic) bond motifs is 1. The van der Waals surface area contributed by atoms with Gasteiger partial charge in [0, 0.05) is 36.6 Å². The first kappa shape index (κ1) is 28.2. The van der Waals surface area contributed by atoms with Crippen LogP contribution in [0, 0.1) is 29.5 Å². The molecule has 0 radical (unpaired) electrons. The van der Waals surface area contributed by atoms with Crippen LogP contribution in [0.2, 0.25) is 0 Å². The van der Waals surface area contributed by atoms with E-state index in [1.54, 1.807) is 44.4 Å². The zero-order chi connectivity index (χ0) is 28.9. The molecule has 4 rings (SSSR count). The summed E-state index contributed by atoms with van der Waals surface area (Å²) in [5.74, 6) is 10.4. The smallest absolute Gasteiger partial charge is 0.297 e. The van der Waals surface area contributed by atoms with Crippen molar-refractivity contribution >= 4 is 23.2 Å². The zero-order valence-electron chi connectivity index (χ0n) is 23.1. The fourth-order valence-electron chi connectivity index (χ4n) is 4.22. The lowest BCUT2D eigenvalue weighted by Gasteiger charge is -2.18. The minimum Gasteiger partial charge on any atom is -0.492 e. The number of aromatic nitrogens is 2. The average Bonchev–Trinajstić information content (AvgIpc) is 3.26. The van der Waals surface area contributed by atoms with Crippen LogP contribution >= 0.6 is 0 Å². The minimum absolute atomic E-state index is 0.0283. The van der Waals surface area contributed by atoms with Crippen molar-refractivity contribution in [1.82, 2.24) is 25.5 Å². The Balaban J connectivity index is 1.74. The topological polar surface area (TPSA) is 111 Å². The molecule has 0 spiro atoms. The lowest BCUT2D eigenvalue weighted by Crippen LogP contribution is -2.41. The van der Waals surface area contributed by atoms with Crippen molar-refractivity contribution in [2.45, 2.75) is 25.8 Å². The number of hydrogen-bond donors (Lipinski definition) is 4. The van der Waals surface area contributed by atoms with Crippen LogP contribution in [-0.2, 0) is 11.2 Å². The number of amides is 2. The minimum atomic E-state index is -0.887. The molecule has 2 amide bonds. The van der Waals surface area contributed by atoms with Crippen LogP contribution in [0.15, 0.2) is 36.7 Å². The van der Waals surface area contributed by atoms with Crippen molar-refractivity contribution in [2.75, 3.05) is 39.6 Å². The highest BCUT2D eigenvalue weighted by atomic mass is 19.1. The number of halogens is 1. The summed E-state index contributed by atoms with van der Waals surface area (Å²) in [6.07, 6.45) is 3.83. The number of nitrogens with one attached hydrogen (secondary N) is 4. The van der Waals surface area contributed by atoms with Gasteiger partial charge in [-0.05, 0) is 52.1 Å². The number of nitrogens with zero attached hydrogens (tertiary/aromatic N) is 2. The van der Waals surface area contributed by atoms with E-state index in [4.69, 9.17) is 4.74 Å². The number of aromatic amines is 1. The van der Waals surface area contributed by atoms with Crippen LogP contribution in [0.5, 0.6) is 5.75 Å². The number of anilines is 2. The van der Waals surface area contributed by atoms with E-state index in [0.29, 0.717) is 53.3 Å². The number of methoxy groups -OCH3 is 1. The van der Waals surface area contributed by atoms with Crippen LogP contribution < -0.4 is 20.7 Å². The van der Waals surface area contributed by atoms with Gasteiger partial charge in [-0.3, -0.25) is 19.5 Å². The third-order valence-electron chi connectivity index (χ3n) is 6.02. The normalized spacial score (nSPS) is 12.3. The Labute approximate surface area is 232 Å². The Morgan fingerprint density at radius 1 is 1.27 bits per heavy atom. The van der Waals surface area contributed by atoms with Gasteiger partial charge in [0.15, 0.2) is 11.6 Å².